The molecule has 0 aliphatic carbocycles. The second-order valence-electron chi connectivity index (χ2n) is 11.2. The van der Waals surface area contributed by atoms with Gasteiger partial charge in [0.05, 0.1) is 17.6 Å². The van der Waals surface area contributed by atoms with Gasteiger partial charge in [-0.2, -0.15) is 0 Å². The normalized spacial score (nSPS) is 17.1. The Morgan fingerprint density at radius 1 is 0.950 bits per heavy atom. The van der Waals surface area contributed by atoms with E-state index in [-0.39, 0.29) is 5.54 Å². The number of rotatable bonds is 6. The first-order chi connectivity index (χ1) is 19.4. The highest BCUT2D eigenvalue weighted by Gasteiger charge is 2.27. The second-order valence-corrected chi connectivity index (χ2v) is 11.2. The molecule has 2 saturated heterocycles. The van der Waals surface area contributed by atoms with Gasteiger partial charge in [0.2, 0.25) is 0 Å². The van der Waals surface area contributed by atoms with Crippen molar-refractivity contribution in [3.05, 3.63) is 67.1 Å². The zero-order chi connectivity index (χ0) is 27.7. The molecule has 3 aromatic heterocycles. The van der Waals surface area contributed by atoms with E-state index >= 15 is 0 Å². The van der Waals surface area contributed by atoms with Crippen LogP contribution < -0.4 is 26.6 Å². The lowest BCUT2D eigenvalue weighted by Crippen LogP contribution is -2.48. The molecule has 9 heteroatoms. The molecule has 0 unspecified atom stereocenters. The molecule has 0 amide bonds. The third kappa shape index (κ3) is 5.29. The Bertz CT molecular complexity index is 1530. The number of hydrogen-bond acceptors (Lipinski definition) is 9. The minimum absolute atomic E-state index is 0.135. The van der Waals surface area contributed by atoms with Crippen molar-refractivity contribution >= 4 is 39.6 Å². The largest absolute Gasteiger partial charge is 0.382 e. The van der Waals surface area contributed by atoms with Gasteiger partial charge < -0.3 is 26.6 Å². The van der Waals surface area contributed by atoms with Gasteiger partial charge in [0, 0.05) is 43.3 Å². The van der Waals surface area contributed by atoms with Crippen molar-refractivity contribution < 1.29 is 0 Å². The maximum atomic E-state index is 6.37. The maximum absolute atomic E-state index is 6.37. The molecule has 1 aromatic carbocycles. The topological polar surface area (TPSA) is 122 Å². The Hall–Kier alpha value is -4.24. The number of nitrogens with two attached hydrogens (primary N) is 2. The molecule has 2 aliphatic heterocycles. The molecule has 5 N–H and O–H groups in total. The predicted octanol–water partition coefficient (Wildman–Crippen LogP) is 5.06. The van der Waals surface area contributed by atoms with Crippen LogP contribution in [0, 0.1) is 0 Å². The summed E-state index contributed by atoms with van der Waals surface area (Å²) in [5.74, 6) is 1.97. The lowest BCUT2D eigenvalue weighted by molar-refractivity contribution is 0.364. The monoisotopic (exact) mass is 535 g/mol. The van der Waals surface area contributed by atoms with Gasteiger partial charge in [-0.3, -0.25) is 0 Å². The number of hydrogen-bond donors (Lipinski definition) is 3. The van der Waals surface area contributed by atoms with Crippen LogP contribution in [0.25, 0.3) is 27.9 Å². The molecule has 4 aromatic rings. The molecular formula is C31H37N9. The van der Waals surface area contributed by atoms with E-state index in [1.165, 1.54) is 19.3 Å². The van der Waals surface area contributed by atoms with E-state index < -0.39 is 0 Å². The zero-order valence-corrected chi connectivity index (χ0v) is 23.1. The Morgan fingerprint density at radius 3 is 2.52 bits per heavy atom. The van der Waals surface area contributed by atoms with Crippen LogP contribution in [0.4, 0.5) is 23.1 Å². The molecule has 0 bridgehead atoms. The molecule has 206 valence electrons. The number of nitrogens with zero attached hydrogens (tertiary/aromatic N) is 6. The van der Waals surface area contributed by atoms with Gasteiger partial charge in [0.15, 0.2) is 11.6 Å². The van der Waals surface area contributed by atoms with Gasteiger partial charge in [0.25, 0.3) is 0 Å². The third-order valence-corrected chi connectivity index (χ3v) is 8.04. The summed E-state index contributed by atoms with van der Waals surface area (Å²) in [5, 5.41) is 5.52. The summed E-state index contributed by atoms with van der Waals surface area (Å²) >= 11 is 0. The van der Waals surface area contributed by atoms with Crippen molar-refractivity contribution in [2.75, 3.05) is 47.0 Å². The molecule has 0 spiro atoms. The molecule has 6 rings (SSSR count). The fourth-order valence-corrected chi connectivity index (χ4v) is 5.61. The minimum Gasteiger partial charge on any atom is -0.382 e. The van der Waals surface area contributed by atoms with Gasteiger partial charge in [0.1, 0.15) is 22.9 Å². The molecule has 2 aliphatic rings. The standard InChI is InChI=1S/C31H37N9/c1-21(36-30-25(11-8-14-34-30)39-17-12-31(2,33)13-18-39)27-29(32)35-20-24(37-27)28-23-10-5-4-9-22(23)19-26(38-28)40-15-6-3-7-16-40/h4-5,8-11,14,19-20H,1,3,6-7,12-13,15-18,33H2,2H3,(H2,32,35)(H,34,36). The highest BCUT2D eigenvalue weighted by Crippen LogP contribution is 2.33. The average molecular weight is 536 g/mol. The first kappa shape index (κ1) is 26.0. The minimum atomic E-state index is -0.135. The Labute approximate surface area is 235 Å². The highest BCUT2D eigenvalue weighted by molar-refractivity contribution is 5.96. The number of pyridine rings is 2. The van der Waals surface area contributed by atoms with Gasteiger partial charge in [-0.05, 0) is 62.6 Å². The number of nitrogens with one attached hydrogen (secondary N) is 1. The summed E-state index contributed by atoms with van der Waals surface area (Å²) in [7, 11) is 0. The molecule has 0 atom stereocenters. The SMILES string of the molecule is C=C(Nc1ncccc1N1CCC(C)(N)CC1)c1nc(-c2nc(N3CCCCC3)cc3ccccc23)cnc1N. The summed E-state index contributed by atoms with van der Waals surface area (Å²) in [6.45, 7) is 10.1. The van der Waals surface area contributed by atoms with E-state index in [9.17, 15) is 0 Å². The second kappa shape index (κ2) is 10.7. The first-order valence-corrected chi connectivity index (χ1v) is 14.1. The van der Waals surface area contributed by atoms with Crippen LogP contribution in [0.5, 0.6) is 0 Å². The van der Waals surface area contributed by atoms with Crippen LogP contribution in [0.1, 0.15) is 44.7 Å². The molecule has 40 heavy (non-hydrogen) atoms. The molecular weight excluding hydrogens is 498 g/mol. The molecule has 0 radical (unpaired) electrons. The van der Waals surface area contributed by atoms with Crippen molar-refractivity contribution in [1.29, 1.82) is 0 Å². The van der Waals surface area contributed by atoms with Crippen molar-refractivity contribution in [1.82, 2.24) is 19.9 Å². The number of nitrogen functional groups attached to an aromatic ring is 1. The van der Waals surface area contributed by atoms with Crippen molar-refractivity contribution in [2.24, 2.45) is 5.73 Å². The smallest absolute Gasteiger partial charge is 0.154 e. The van der Waals surface area contributed by atoms with Crippen molar-refractivity contribution in [2.45, 2.75) is 44.6 Å². The maximum Gasteiger partial charge on any atom is 0.154 e. The van der Waals surface area contributed by atoms with E-state index in [1.54, 1.807) is 12.4 Å². The summed E-state index contributed by atoms with van der Waals surface area (Å²) in [6, 6.07) is 14.5. The quantitative estimate of drug-likeness (QED) is 0.311. The van der Waals surface area contributed by atoms with Crippen LogP contribution in [0.15, 0.2) is 61.4 Å². The zero-order valence-electron chi connectivity index (χ0n) is 23.1. The summed E-state index contributed by atoms with van der Waals surface area (Å²) in [5.41, 5.74) is 16.0. The molecule has 5 heterocycles. The van der Waals surface area contributed by atoms with E-state index in [0.717, 1.165) is 67.0 Å². The average Bonchev–Trinajstić information content (AvgIpc) is 2.98. The van der Waals surface area contributed by atoms with Crippen LogP contribution in [-0.4, -0.2) is 51.7 Å². The van der Waals surface area contributed by atoms with Gasteiger partial charge in [-0.1, -0.05) is 30.8 Å². The summed E-state index contributed by atoms with van der Waals surface area (Å²) < 4.78 is 0. The van der Waals surface area contributed by atoms with Crippen LogP contribution in [-0.2, 0) is 0 Å². The van der Waals surface area contributed by atoms with Gasteiger partial charge in [-0.15, -0.1) is 0 Å². The lowest BCUT2D eigenvalue weighted by Gasteiger charge is -2.38. The van der Waals surface area contributed by atoms with Crippen LogP contribution in [0.3, 0.4) is 0 Å². The lowest BCUT2D eigenvalue weighted by atomic mass is 9.91. The van der Waals surface area contributed by atoms with Crippen LogP contribution in [0.2, 0.25) is 0 Å². The fourth-order valence-electron chi connectivity index (χ4n) is 5.61. The number of piperidine rings is 2. The molecule has 2 fully saturated rings. The Kier molecular flexibility index (Phi) is 6.98. The number of benzene rings is 1. The third-order valence-electron chi connectivity index (χ3n) is 8.04. The number of anilines is 4. The molecule has 0 saturated carbocycles. The first-order valence-electron chi connectivity index (χ1n) is 14.1. The number of fused-ring (bicyclic) bond motifs is 1. The Balaban J connectivity index is 1.33. The summed E-state index contributed by atoms with van der Waals surface area (Å²) in [6.07, 6.45) is 8.93. The van der Waals surface area contributed by atoms with Crippen LogP contribution >= 0.6 is 0 Å². The number of aromatic nitrogens is 4. The van der Waals surface area contributed by atoms with Gasteiger partial charge >= 0.3 is 0 Å². The predicted molar refractivity (Wildman–Crippen MR) is 164 cm³/mol. The van der Waals surface area contributed by atoms with E-state index in [2.05, 4.69) is 68.9 Å². The fraction of sp³-hybridized carbons (Fsp3) is 0.355. The van der Waals surface area contributed by atoms with Crippen molar-refractivity contribution in [3.8, 4) is 11.4 Å². The Morgan fingerprint density at radius 2 is 1.73 bits per heavy atom. The van der Waals surface area contributed by atoms with Gasteiger partial charge in [-0.25, -0.2) is 19.9 Å². The van der Waals surface area contributed by atoms with E-state index in [1.807, 2.05) is 12.1 Å². The van der Waals surface area contributed by atoms with E-state index in [0.29, 0.717) is 28.7 Å². The summed E-state index contributed by atoms with van der Waals surface area (Å²) in [4.78, 5) is 23.9. The van der Waals surface area contributed by atoms with E-state index in [4.69, 9.17) is 21.4 Å². The van der Waals surface area contributed by atoms with Crippen molar-refractivity contribution in [3.63, 3.8) is 0 Å². The molecule has 9 nitrogen and oxygen atoms in total. The highest BCUT2D eigenvalue weighted by atomic mass is 15.2.